The van der Waals surface area contributed by atoms with Gasteiger partial charge in [-0.15, -0.1) is 0 Å². The second-order valence-corrected chi connectivity index (χ2v) is 25.2. The molecule has 4 aliphatic heterocycles. The SMILES string of the molecule is Cc1nn([C@H](C)c2ccc(Cl)cc2Cl)c2nc(N3CC([C@@H]4CCCN(CCS(N)(=O)=O)C4)C3)cnc12.Cc1nn([C@H](C)c2ccc(Cl)cc2Cl)c2nc(N3CC([C@H]4CCCN(CCS(N)(=O)=O)C4)C3)cnc12. The van der Waals surface area contributed by atoms with Gasteiger partial charge in [0, 0.05) is 72.4 Å². The highest BCUT2D eigenvalue weighted by Crippen LogP contribution is 2.37. The maximum atomic E-state index is 11.3. The molecule has 72 heavy (non-hydrogen) atoms. The number of rotatable bonds is 14. The van der Waals surface area contributed by atoms with Crippen LogP contribution < -0.4 is 20.1 Å². The summed E-state index contributed by atoms with van der Waals surface area (Å²) >= 11 is 25.1. The van der Waals surface area contributed by atoms with Gasteiger partial charge in [-0.25, -0.2) is 56.4 Å². The van der Waals surface area contributed by atoms with Crippen LogP contribution in [0.5, 0.6) is 0 Å². The van der Waals surface area contributed by atoms with Crippen molar-refractivity contribution in [2.24, 2.45) is 33.9 Å². The number of hydrogen-bond acceptors (Lipinski definition) is 14. The molecule has 0 unspecified atom stereocenters. The first kappa shape index (κ1) is 52.9. The van der Waals surface area contributed by atoms with Gasteiger partial charge in [0.1, 0.15) is 22.7 Å². The van der Waals surface area contributed by atoms with E-state index in [0.717, 1.165) is 122 Å². The number of nitrogens with two attached hydrogens (primary N) is 2. The van der Waals surface area contributed by atoms with Crippen LogP contribution in [-0.4, -0.2) is 143 Å². The number of aromatic nitrogens is 8. The molecule has 4 N–H and O–H groups in total. The summed E-state index contributed by atoms with van der Waals surface area (Å²) in [6.45, 7) is 16.3. The molecule has 10 rings (SSSR count). The number of anilines is 2. The number of nitrogens with zero attached hydrogens (tertiary/aromatic N) is 12. The fourth-order valence-electron chi connectivity index (χ4n) is 10.7. The average Bonchev–Trinajstić information content (AvgIpc) is 3.81. The number of primary sulfonamides is 2. The van der Waals surface area contributed by atoms with Crippen LogP contribution in [0.4, 0.5) is 11.6 Å². The Bertz CT molecular complexity index is 2960. The summed E-state index contributed by atoms with van der Waals surface area (Å²) in [6.07, 6.45) is 8.16. The Morgan fingerprint density at radius 3 is 1.35 bits per heavy atom. The van der Waals surface area contributed by atoms with E-state index >= 15 is 0 Å². The van der Waals surface area contributed by atoms with Gasteiger partial charge in [0.2, 0.25) is 20.0 Å². The monoisotopic (exact) mass is 1100 g/mol. The van der Waals surface area contributed by atoms with Crippen LogP contribution in [0.1, 0.15) is 74.1 Å². The largest absolute Gasteiger partial charge is 0.355 e. The molecule has 4 aromatic heterocycles. The van der Waals surface area contributed by atoms with Crippen LogP contribution in [0.15, 0.2) is 48.8 Å². The number of hydrogen-bond donors (Lipinski definition) is 2. The fourth-order valence-corrected chi connectivity index (χ4v) is 12.9. The van der Waals surface area contributed by atoms with Gasteiger partial charge in [0.05, 0.1) is 47.4 Å². The molecule has 4 fully saturated rings. The Kier molecular flexibility index (Phi) is 15.9. The van der Waals surface area contributed by atoms with E-state index in [1.807, 2.05) is 73.7 Å². The standard InChI is InChI=1S/2C24H31Cl2N7O2S/c2*1-15-23-24(33(30-15)16(2)20-6-5-19(25)10-21(20)26)29-22(11-28-23)32-13-18(14-32)17-4-3-7-31(12-17)8-9-36(27,34)35/h2*5-6,10-11,16-18H,3-4,7-9,12-14H2,1-2H3,(H2,27,34,35)/t16-,17+;16-,17-/m11/s1. The van der Waals surface area contributed by atoms with Crippen molar-refractivity contribution < 1.29 is 16.8 Å². The summed E-state index contributed by atoms with van der Waals surface area (Å²) in [7, 11) is -6.86. The van der Waals surface area contributed by atoms with Gasteiger partial charge in [0.15, 0.2) is 11.3 Å². The third-order valence-electron chi connectivity index (χ3n) is 14.9. The number of piperidine rings is 2. The van der Waals surface area contributed by atoms with E-state index in [1.54, 1.807) is 12.1 Å². The zero-order valence-electron chi connectivity index (χ0n) is 40.9. The van der Waals surface area contributed by atoms with E-state index in [9.17, 15) is 16.8 Å². The average molecular weight is 1110 g/mol. The number of fused-ring (bicyclic) bond motifs is 2. The molecule has 0 amide bonds. The van der Waals surface area contributed by atoms with Crippen molar-refractivity contribution in [2.75, 3.05) is 86.8 Å². The molecule has 18 nitrogen and oxygen atoms in total. The first-order valence-corrected chi connectivity index (χ1v) is 29.4. The summed E-state index contributed by atoms with van der Waals surface area (Å²) in [5.74, 6) is 3.92. The Labute approximate surface area is 441 Å². The van der Waals surface area contributed by atoms with Crippen molar-refractivity contribution in [2.45, 2.75) is 65.5 Å². The van der Waals surface area contributed by atoms with Crippen LogP contribution in [0.25, 0.3) is 22.3 Å². The Morgan fingerprint density at radius 2 is 0.986 bits per heavy atom. The normalized spacial score (nSPS) is 20.6. The van der Waals surface area contributed by atoms with Gasteiger partial charge in [-0.1, -0.05) is 58.5 Å². The molecule has 0 bridgehead atoms. The number of halogens is 4. The molecule has 0 saturated carbocycles. The molecule has 4 aliphatic rings. The van der Waals surface area contributed by atoms with E-state index in [-0.39, 0.29) is 23.6 Å². The molecule has 24 heteroatoms. The van der Waals surface area contributed by atoms with Crippen LogP contribution in [0.2, 0.25) is 20.1 Å². The molecular formula is C48H62Cl4N14O4S2. The minimum absolute atomic E-state index is 0.0128. The lowest BCUT2D eigenvalue weighted by Gasteiger charge is -2.47. The van der Waals surface area contributed by atoms with Crippen molar-refractivity contribution in [1.82, 2.24) is 49.3 Å². The van der Waals surface area contributed by atoms with Crippen molar-refractivity contribution >= 4 is 100 Å². The number of likely N-dealkylation sites (tertiary alicyclic amines) is 2. The summed E-state index contributed by atoms with van der Waals surface area (Å²) in [6, 6.07) is 10.7. The second-order valence-electron chi connectivity index (χ2n) is 20.0. The summed E-state index contributed by atoms with van der Waals surface area (Å²) < 4.78 is 49.1. The molecule has 8 heterocycles. The minimum Gasteiger partial charge on any atom is -0.355 e. The second kappa shape index (κ2) is 21.7. The first-order chi connectivity index (χ1) is 34.2. The highest BCUT2D eigenvalue weighted by molar-refractivity contribution is 7.89. The van der Waals surface area contributed by atoms with Gasteiger partial charge in [0.25, 0.3) is 0 Å². The minimum atomic E-state index is -3.43. The molecule has 0 spiro atoms. The summed E-state index contributed by atoms with van der Waals surface area (Å²) in [5, 5.41) is 22.2. The highest BCUT2D eigenvalue weighted by Gasteiger charge is 2.38. The third-order valence-corrected chi connectivity index (χ3v) is 17.6. The van der Waals surface area contributed by atoms with Crippen molar-refractivity contribution in [1.29, 1.82) is 0 Å². The van der Waals surface area contributed by atoms with E-state index < -0.39 is 20.0 Å². The van der Waals surface area contributed by atoms with E-state index in [4.69, 9.17) is 86.8 Å². The summed E-state index contributed by atoms with van der Waals surface area (Å²) in [5.41, 5.74) is 6.53. The van der Waals surface area contributed by atoms with Gasteiger partial charge in [-0.2, -0.15) is 10.2 Å². The quantitative estimate of drug-likeness (QED) is 0.113. The Hall–Kier alpha value is -3.96. The first-order valence-electron chi connectivity index (χ1n) is 24.5. The van der Waals surface area contributed by atoms with E-state index in [0.29, 0.717) is 56.9 Å². The zero-order chi connectivity index (χ0) is 51.2. The fraction of sp³-hybridized carbons (Fsp3) is 0.542. The maximum Gasteiger partial charge on any atom is 0.210 e. The number of aryl methyl sites for hydroxylation is 2. The van der Waals surface area contributed by atoms with Crippen molar-refractivity contribution in [3.8, 4) is 0 Å². The molecule has 0 aliphatic carbocycles. The van der Waals surface area contributed by atoms with Gasteiger partial charge in [-0.3, -0.25) is 0 Å². The summed E-state index contributed by atoms with van der Waals surface area (Å²) in [4.78, 5) is 28.3. The maximum absolute atomic E-state index is 11.3. The predicted octanol–water partition coefficient (Wildman–Crippen LogP) is 6.98. The van der Waals surface area contributed by atoms with E-state index in [2.05, 4.69) is 19.6 Å². The molecule has 2 aromatic carbocycles. The lowest BCUT2D eigenvalue weighted by atomic mass is 9.80. The van der Waals surface area contributed by atoms with Crippen LogP contribution >= 0.6 is 46.4 Å². The lowest BCUT2D eigenvalue weighted by Crippen LogP contribution is -2.54. The Balaban J connectivity index is 0.000000178. The lowest BCUT2D eigenvalue weighted by molar-refractivity contribution is 0.125. The number of sulfonamides is 2. The smallest absolute Gasteiger partial charge is 0.210 e. The van der Waals surface area contributed by atoms with E-state index in [1.165, 1.54) is 12.8 Å². The third kappa shape index (κ3) is 12.1. The van der Waals surface area contributed by atoms with Crippen LogP contribution in [-0.2, 0) is 20.0 Å². The topological polar surface area (TPSA) is 220 Å². The molecule has 388 valence electrons. The van der Waals surface area contributed by atoms with Crippen molar-refractivity contribution in [3.63, 3.8) is 0 Å². The highest BCUT2D eigenvalue weighted by atomic mass is 35.5. The molecule has 4 saturated heterocycles. The molecule has 0 radical (unpaired) electrons. The van der Waals surface area contributed by atoms with Gasteiger partial charge < -0.3 is 19.6 Å². The molecular weight excluding hydrogens is 1040 g/mol. The Morgan fingerprint density at radius 1 is 0.597 bits per heavy atom. The van der Waals surface area contributed by atoms with Gasteiger partial charge >= 0.3 is 0 Å². The van der Waals surface area contributed by atoms with Crippen molar-refractivity contribution in [3.05, 3.63) is 91.4 Å². The van der Waals surface area contributed by atoms with Crippen LogP contribution in [0, 0.1) is 37.5 Å². The zero-order valence-corrected chi connectivity index (χ0v) is 45.5. The van der Waals surface area contributed by atoms with Gasteiger partial charge in [-0.05, 0) is 126 Å². The molecule has 6 aromatic rings. The molecule has 4 atom stereocenters. The number of benzene rings is 2. The van der Waals surface area contributed by atoms with Crippen LogP contribution in [0.3, 0.4) is 0 Å². The predicted molar refractivity (Wildman–Crippen MR) is 286 cm³/mol.